The number of carbonyl (C=O) groups is 2. The van der Waals surface area contributed by atoms with Crippen LogP contribution in [-0.4, -0.2) is 53.9 Å². The van der Waals surface area contributed by atoms with Gasteiger partial charge in [0.1, 0.15) is 11.4 Å². The molecular formula is C16H25ClF3N5O2S. The highest BCUT2D eigenvalue weighted by molar-refractivity contribution is 7.98. The molecule has 4 atom stereocenters. The number of hydrogen-bond acceptors (Lipinski definition) is 6. The molecule has 7 nitrogen and oxygen atoms in total. The van der Waals surface area contributed by atoms with Crippen LogP contribution >= 0.6 is 23.5 Å². The maximum atomic E-state index is 12.9. The second kappa shape index (κ2) is 9.38. The molecule has 0 spiro atoms. The van der Waals surface area contributed by atoms with Crippen molar-refractivity contribution >= 4 is 35.4 Å². The first-order chi connectivity index (χ1) is 13.2. The molecule has 160 valence electrons. The van der Waals surface area contributed by atoms with Gasteiger partial charge in [0.25, 0.3) is 0 Å². The summed E-state index contributed by atoms with van der Waals surface area (Å²) in [5.41, 5.74) is 2.81. The molecule has 1 aliphatic carbocycles. The highest BCUT2D eigenvalue weighted by atomic mass is 35.5. The van der Waals surface area contributed by atoms with E-state index in [1.54, 1.807) is 0 Å². The lowest BCUT2D eigenvalue weighted by Crippen LogP contribution is -2.56. The average Bonchev–Trinajstić information content (AvgIpc) is 3.11. The molecule has 2 aliphatic heterocycles. The van der Waals surface area contributed by atoms with Gasteiger partial charge in [-0.1, -0.05) is 0 Å². The molecule has 28 heavy (non-hydrogen) atoms. The predicted octanol–water partition coefficient (Wildman–Crippen LogP) is 1.01. The third-order valence-electron chi connectivity index (χ3n) is 5.46. The molecule has 0 radical (unpaired) electrons. The van der Waals surface area contributed by atoms with Gasteiger partial charge in [0.15, 0.2) is 0 Å². The first kappa shape index (κ1) is 21.9. The molecule has 2 heterocycles. The molecule has 0 bridgehead atoms. The van der Waals surface area contributed by atoms with Gasteiger partial charge in [-0.25, -0.2) is 5.43 Å². The second-order valence-electron chi connectivity index (χ2n) is 7.56. The maximum absolute atomic E-state index is 12.9. The largest absolute Gasteiger partial charge is 0.393 e. The zero-order valence-corrected chi connectivity index (χ0v) is 16.7. The maximum Gasteiger partial charge on any atom is 0.393 e. The number of hydrazine groups is 1. The van der Waals surface area contributed by atoms with Crippen LogP contribution in [0.5, 0.6) is 0 Å². The van der Waals surface area contributed by atoms with Crippen LogP contribution in [-0.2, 0) is 9.59 Å². The zero-order chi connectivity index (χ0) is 20.3. The molecule has 0 aromatic carbocycles. The van der Waals surface area contributed by atoms with Crippen molar-refractivity contribution in [1.29, 1.82) is 0 Å². The van der Waals surface area contributed by atoms with E-state index in [9.17, 15) is 22.8 Å². The molecule has 2 amide bonds. The van der Waals surface area contributed by atoms with Gasteiger partial charge in [0.2, 0.25) is 11.8 Å². The monoisotopic (exact) mass is 443 g/mol. The van der Waals surface area contributed by atoms with Crippen LogP contribution in [0.3, 0.4) is 0 Å². The Hall–Kier alpha value is -0.750. The van der Waals surface area contributed by atoms with Gasteiger partial charge < -0.3 is 16.0 Å². The molecule has 4 unspecified atom stereocenters. The molecule has 3 fully saturated rings. The van der Waals surface area contributed by atoms with Crippen LogP contribution in [0.2, 0.25) is 0 Å². The number of nitrogens with one attached hydrogen (secondary N) is 5. The van der Waals surface area contributed by atoms with Gasteiger partial charge in [-0.15, -0.1) is 11.6 Å². The average molecular weight is 444 g/mol. The topological polar surface area (TPSA) is 94.3 Å². The minimum atomic E-state index is -4.33. The summed E-state index contributed by atoms with van der Waals surface area (Å²) in [6, 6.07) is -0.668. The number of alkyl halides is 4. The Bertz CT molecular complexity index is 577. The number of hydrogen-bond donors (Lipinski definition) is 5. The summed E-state index contributed by atoms with van der Waals surface area (Å²) in [6.07, 6.45) is -1.30. The van der Waals surface area contributed by atoms with Crippen LogP contribution in [0.1, 0.15) is 32.1 Å². The predicted molar refractivity (Wildman–Crippen MR) is 100 cm³/mol. The molecular weight excluding hydrogens is 419 g/mol. The van der Waals surface area contributed by atoms with E-state index >= 15 is 0 Å². The summed E-state index contributed by atoms with van der Waals surface area (Å²) in [5, 5.41) is 7.89. The van der Waals surface area contributed by atoms with Gasteiger partial charge >= 0.3 is 6.18 Å². The SMILES string of the molecule is O=C(NC1SNNC1C(=O)NC1CCC(Cl)CC1)C1CNCC(C(F)(F)F)C1. The smallest absolute Gasteiger partial charge is 0.352 e. The standard InChI is InChI=1S/C16H25ClF3N5O2S/c17-10-1-3-11(4-2-10)22-14(27)12-15(28-25-24-12)23-13(26)8-5-9(7-21-6-8)16(18,19)20/h8-12,15,21,24-25H,1-7H2,(H,22,27)(H,23,26). The van der Waals surface area contributed by atoms with E-state index in [4.69, 9.17) is 11.6 Å². The van der Waals surface area contributed by atoms with E-state index in [2.05, 4.69) is 26.2 Å². The van der Waals surface area contributed by atoms with Gasteiger partial charge in [-0.3, -0.25) is 9.59 Å². The zero-order valence-electron chi connectivity index (χ0n) is 15.2. The Labute approximate surface area is 170 Å². The van der Waals surface area contributed by atoms with Crippen LogP contribution in [0.4, 0.5) is 13.2 Å². The van der Waals surface area contributed by atoms with Crippen LogP contribution in [0.25, 0.3) is 0 Å². The lowest BCUT2D eigenvalue weighted by molar-refractivity contribution is -0.182. The van der Waals surface area contributed by atoms with Crippen molar-refractivity contribution in [1.82, 2.24) is 26.2 Å². The summed E-state index contributed by atoms with van der Waals surface area (Å²) < 4.78 is 38.8. The van der Waals surface area contributed by atoms with E-state index in [1.165, 1.54) is 0 Å². The minimum Gasteiger partial charge on any atom is -0.352 e. The van der Waals surface area contributed by atoms with Gasteiger partial charge in [0.05, 0.1) is 11.8 Å². The van der Waals surface area contributed by atoms with E-state index in [0.717, 1.165) is 37.6 Å². The number of amides is 2. The Morgan fingerprint density at radius 1 is 1.04 bits per heavy atom. The molecule has 3 rings (SSSR count). The number of carbonyl (C=O) groups excluding carboxylic acids is 2. The van der Waals surface area contributed by atoms with Crippen molar-refractivity contribution in [3.8, 4) is 0 Å². The number of rotatable bonds is 4. The first-order valence-corrected chi connectivity index (χ1v) is 10.7. The first-order valence-electron chi connectivity index (χ1n) is 9.42. The highest BCUT2D eigenvalue weighted by Crippen LogP contribution is 2.33. The normalized spacial score (nSPS) is 36.7. The molecule has 5 N–H and O–H groups in total. The summed E-state index contributed by atoms with van der Waals surface area (Å²) >= 11 is 7.20. The summed E-state index contributed by atoms with van der Waals surface area (Å²) in [4.78, 5) is 27.8. The molecule has 1 saturated carbocycles. The Balaban J connectivity index is 1.51. The third kappa shape index (κ3) is 5.65. The van der Waals surface area contributed by atoms with E-state index < -0.39 is 35.3 Å². The van der Waals surface area contributed by atoms with Gasteiger partial charge in [-0.05, 0) is 44.1 Å². The lowest BCUT2D eigenvalue weighted by atomic mass is 9.89. The third-order valence-corrected chi connectivity index (χ3v) is 6.77. The van der Waals surface area contributed by atoms with Crippen molar-refractivity contribution in [2.24, 2.45) is 11.8 Å². The Morgan fingerprint density at radius 2 is 1.75 bits per heavy atom. The Kier molecular flexibility index (Phi) is 7.35. The molecule has 0 aromatic heterocycles. The van der Waals surface area contributed by atoms with E-state index in [1.807, 2.05) is 0 Å². The minimum absolute atomic E-state index is 0.0429. The van der Waals surface area contributed by atoms with Crippen molar-refractivity contribution in [3.63, 3.8) is 0 Å². The van der Waals surface area contributed by atoms with Crippen LogP contribution in [0.15, 0.2) is 0 Å². The molecule has 0 aromatic rings. The molecule has 12 heteroatoms. The van der Waals surface area contributed by atoms with Crippen molar-refractivity contribution in [2.45, 2.75) is 61.1 Å². The summed E-state index contributed by atoms with van der Waals surface area (Å²) in [6.45, 7) is 0.0132. The van der Waals surface area contributed by atoms with Gasteiger partial charge in [0, 0.05) is 24.5 Å². The number of halogens is 4. The van der Waals surface area contributed by atoms with E-state index in [0.29, 0.717) is 0 Å². The van der Waals surface area contributed by atoms with Gasteiger partial charge in [-0.2, -0.15) is 18.0 Å². The highest BCUT2D eigenvalue weighted by Gasteiger charge is 2.44. The summed E-state index contributed by atoms with van der Waals surface area (Å²) in [7, 11) is 0. The van der Waals surface area contributed by atoms with Crippen LogP contribution < -0.4 is 26.2 Å². The fraction of sp³-hybridized carbons (Fsp3) is 0.875. The van der Waals surface area contributed by atoms with E-state index in [-0.39, 0.29) is 36.8 Å². The van der Waals surface area contributed by atoms with Crippen molar-refractivity contribution in [3.05, 3.63) is 0 Å². The van der Waals surface area contributed by atoms with Crippen LogP contribution in [0, 0.1) is 11.8 Å². The summed E-state index contributed by atoms with van der Waals surface area (Å²) in [5.74, 6) is -3.06. The fourth-order valence-corrected chi connectivity index (χ4v) is 4.83. The second-order valence-corrected chi connectivity index (χ2v) is 9.12. The van der Waals surface area contributed by atoms with Crippen molar-refractivity contribution in [2.75, 3.05) is 13.1 Å². The lowest BCUT2D eigenvalue weighted by Gasteiger charge is -2.31. The fourth-order valence-electron chi connectivity index (χ4n) is 3.76. The molecule has 2 saturated heterocycles. The quantitative estimate of drug-likeness (QED) is 0.329. The van der Waals surface area contributed by atoms with Crippen molar-refractivity contribution < 1.29 is 22.8 Å². The Morgan fingerprint density at radius 3 is 2.43 bits per heavy atom. The molecule has 3 aliphatic rings. The number of piperidine rings is 1.